The molecule has 1 aliphatic carbocycles. The number of carbonyl (C=O) groups excluding carboxylic acids is 2. The second kappa shape index (κ2) is 13.4. The lowest BCUT2D eigenvalue weighted by Gasteiger charge is -2.41. The van der Waals surface area contributed by atoms with Crippen LogP contribution in [0.5, 0.6) is 5.75 Å². The first-order valence-corrected chi connectivity index (χ1v) is 14.3. The molecule has 36 heavy (non-hydrogen) atoms. The van der Waals surface area contributed by atoms with Crippen molar-refractivity contribution < 1.29 is 14.3 Å². The molecule has 0 spiro atoms. The smallest absolute Gasteiger partial charge is 0.257 e. The van der Waals surface area contributed by atoms with Crippen LogP contribution >= 0.6 is 0 Å². The maximum absolute atomic E-state index is 13.7. The minimum atomic E-state index is -0.0793. The average Bonchev–Trinajstić information content (AvgIpc) is 2.90. The van der Waals surface area contributed by atoms with Crippen LogP contribution in [0.2, 0.25) is 0 Å². The normalized spacial score (nSPS) is 25.8. The summed E-state index contributed by atoms with van der Waals surface area (Å²) in [5.74, 6) is 0.961. The van der Waals surface area contributed by atoms with Crippen LogP contribution in [0.25, 0.3) is 0 Å². The molecule has 1 saturated carbocycles. The van der Waals surface area contributed by atoms with Gasteiger partial charge in [0.25, 0.3) is 5.91 Å². The van der Waals surface area contributed by atoms with E-state index < -0.39 is 0 Å². The summed E-state index contributed by atoms with van der Waals surface area (Å²) in [7, 11) is 2.15. The van der Waals surface area contributed by atoms with Crippen LogP contribution in [-0.2, 0) is 4.79 Å². The van der Waals surface area contributed by atoms with Crippen molar-refractivity contribution in [3.63, 3.8) is 0 Å². The van der Waals surface area contributed by atoms with Crippen molar-refractivity contribution in [1.29, 1.82) is 0 Å². The number of amides is 2. The standard InChI is InChI=1S/C29H46N4O3/c1-3-32-17-11-5-4-6-12-18-33(28(34)23-31-21-19-30(2)20-22-31)25-14-8-10-16-27(25)36-26-15-9-7-13-24(26)29(32)35/h7,9,13,15,25,27H,3-6,8,10-12,14,16-23H2,1-2H3/t25-,27+/m1/s1. The molecule has 0 N–H and O–H groups in total. The number of likely N-dealkylation sites (N-methyl/N-ethyl adjacent to an activating group) is 1. The van der Waals surface area contributed by atoms with Gasteiger partial charge >= 0.3 is 0 Å². The summed E-state index contributed by atoms with van der Waals surface area (Å²) in [5, 5.41) is 0. The molecule has 1 aromatic rings. The first-order chi connectivity index (χ1) is 17.6. The fourth-order valence-corrected chi connectivity index (χ4v) is 5.93. The summed E-state index contributed by atoms with van der Waals surface area (Å²) >= 11 is 0. The fraction of sp³-hybridized carbons (Fsp3) is 0.724. The molecule has 2 heterocycles. The molecule has 200 valence electrons. The van der Waals surface area contributed by atoms with Crippen molar-refractivity contribution in [3.8, 4) is 5.75 Å². The highest BCUT2D eigenvalue weighted by molar-refractivity contribution is 5.97. The first kappa shape index (κ1) is 26.9. The Kier molecular flexibility index (Phi) is 10.0. The van der Waals surface area contributed by atoms with E-state index in [-0.39, 0.29) is 24.0 Å². The van der Waals surface area contributed by atoms with Gasteiger partial charge in [-0.1, -0.05) is 37.8 Å². The summed E-state index contributed by atoms with van der Waals surface area (Å²) < 4.78 is 6.66. The van der Waals surface area contributed by atoms with Gasteiger partial charge in [-0.25, -0.2) is 0 Å². The number of benzene rings is 1. The second-order valence-corrected chi connectivity index (χ2v) is 10.8. The second-order valence-electron chi connectivity index (χ2n) is 10.8. The van der Waals surface area contributed by atoms with Crippen molar-refractivity contribution in [2.75, 3.05) is 59.4 Å². The van der Waals surface area contributed by atoms with Gasteiger partial charge in [0, 0.05) is 45.8 Å². The van der Waals surface area contributed by atoms with Gasteiger partial charge in [-0.15, -0.1) is 0 Å². The molecule has 2 fully saturated rings. The lowest BCUT2D eigenvalue weighted by molar-refractivity contribution is -0.138. The molecule has 0 bridgehead atoms. The van der Waals surface area contributed by atoms with Crippen LogP contribution in [0.3, 0.4) is 0 Å². The molecule has 7 nitrogen and oxygen atoms in total. The summed E-state index contributed by atoms with van der Waals surface area (Å²) in [5.41, 5.74) is 0.647. The molecule has 0 radical (unpaired) electrons. The Morgan fingerprint density at radius 1 is 0.889 bits per heavy atom. The third kappa shape index (κ3) is 7.00. The number of ether oxygens (including phenoxy) is 1. The number of para-hydroxylation sites is 1. The monoisotopic (exact) mass is 498 g/mol. The molecule has 2 aliphatic heterocycles. The van der Waals surface area contributed by atoms with Gasteiger partial charge in [0.15, 0.2) is 0 Å². The van der Waals surface area contributed by atoms with Crippen molar-refractivity contribution in [1.82, 2.24) is 19.6 Å². The van der Waals surface area contributed by atoms with E-state index in [1.807, 2.05) is 29.2 Å². The Morgan fingerprint density at radius 2 is 1.58 bits per heavy atom. The zero-order valence-corrected chi connectivity index (χ0v) is 22.5. The van der Waals surface area contributed by atoms with Gasteiger partial charge < -0.3 is 19.4 Å². The molecule has 4 rings (SSSR count). The number of rotatable bonds is 3. The molecule has 1 saturated heterocycles. The highest BCUT2D eigenvalue weighted by atomic mass is 16.5. The molecule has 3 aliphatic rings. The van der Waals surface area contributed by atoms with Gasteiger partial charge in [0.2, 0.25) is 5.91 Å². The minimum Gasteiger partial charge on any atom is -0.487 e. The van der Waals surface area contributed by atoms with E-state index >= 15 is 0 Å². The summed E-state index contributed by atoms with van der Waals surface area (Å²) in [6.45, 7) is 8.77. The van der Waals surface area contributed by atoms with Crippen LogP contribution in [0.4, 0.5) is 0 Å². The summed E-state index contributed by atoms with van der Waals surface area (Å²) in [6.07, 6.45) is 9.45. The van der Waals surface area contributed by atoms with Crippen LogP contribution in [0.1, 0.15) is 75.1 Å². The third-order valence-corrected chi connectivity index (χ3v) is 8.23. The van der Waals surface area contributed by atoms with Crippen LogP contribution < -0.4 is 4.74 Å². The fourth-order valence-electron chi connectivity index (χ4n) is 5.93. The van der Waals surface area contributed by atoms with E-state index in [9.17, 15) is 9.59 Å². The summed E-state index contributed by atoms with van der Waals surface area (Å²) in [6, 6.07) is 7.76. The van der Waals surface area contributed by atoms with E-state index in [0.717, 1.165) is 97.1 Å². The zero-order valence-electron chi connectivity index (χ0n) is 22.5. The van der Waals surface area contributed by atoms with E-state index in [0.29, 0.717) is 24.4 Å². The lowest BCUT2D eigenvalue weighted by atomic mass is 9.90. The zero-order chi connectivity index (χ0) is 25.3. The van der Waals surface area contributed by atoms with Crippen LogP contribution in [0, 0.1) is 0 Å². The number of fused-ring (bicyclic) bond motifs is 2. The predicted molar refractivity (Wildman–Crippen MR) is 143 cm³/mol. The highest BCUT2D eigenvalue weighted by Crippen LogP contribution is 2.30. The molecule has 2 amide bonds. The van der Waals surface area contributed by atoms with Gasteiger partial charge in [-0.2, -0.15) is 0 Å². The Balaban J connectivity index is 1.57. The van der Waals surface area contributed by atoms with Gasteiger partial charge in [0.1, 0.15) is 11.9 Å². The number of hydrogen-bond donors (Lipinski definition) is 0. The number of nitrogens with zero attached hydrogens (tertiary/aromatic N) is 4. The molecular formula is C29H46N4O3. The lowest BCUT2D eigenvalue weighted by Crippen LogP contribution is -2.55. The topological polar surface area (TPSA) is 56.3 Å². The largest absolute Gasteiger partial charge is 0.487 e. The van der Waals surface area contributed by atoms with Crippen LogP contribution in [0.15, 0.2) is 24.3 Å². The quantitative estimate of drug-likeness (QED) is 0.633. The van der Waals surface area contributed by atoms with Crippen LogP contribution in [-0.4, -0.2) is 103 Å². The number of hydrogen-bond acceptors (Lipinski definition) is 5. The minimum absolute atomic E-state index is 0.0540. The highest BCUT2D eigenvalue weighted by Gasteiger charge is 2.35. The SMILES string of the molecule is CCN1CCCCCCCN(C(=O)CN2CCN(C)CC2)[C@@H]2CCCC[C@@H]2Oc2ccccc2C1=O. The van der Waals surface area contributed by atoms with E-state index in [4.69, 9.17) is 4.74 Å². The summed E-state index contributed by atoms with van der Waals surface area (Å²) in [4.78, 5) is 35.9. The van der Waals surface area contributed by atoms with Gasteiger partial charge in [0.05, 0.1) is 18.2 Å². The van der Waals surface area contributed by atoms with Crippen molar-refractivity contribution in [3.05, 3.63) is 29.8 Å². The van der Waals surface area contributed by atoms with Crippen molar-refractivity contribution in [2.24, 2.45) is 0 Å². The van der Waals surface area contributed by atoms with Gasteiger partial charge in [-0.05, 0) is 58.2 Å². The molecule has 7 heteroatoms. The Labute approximate surface area is 217 Å². The molecule has 2 atom stereocenters. The van der Waals surface area contributed by atoms with Crippen molar-refractivity contribution in [2.45, 2.75) is 76.9 Å². The molecular weight excluding hydrogens is 452 g/mol. The third-order valence-electron chi connectivity index (χ3n) is 8.23. The van der Waals surface area contributed by atoms with E-state index in [1.54, 1.807) is 0 Å². The number of piperazine rings is 1. The maximum atomic E-state index is 13.7. The Morgan fingerprint density at radius 3 is 2.36 bits per heavy atom. The van der Waals surface area contributed by atoms with Gasteiger partial charge in [-0.3, -0.25) is 14.5 Å². The van der Waals surface area contributed by atoms with Crippen molar-refractivity contribution >= 4 is 11.8 Å². The Hall–Kier alpha value is -2.12. The number of carbonyl (C=O) groups is 2. The van der Waals surface area contributed by atoms with E-state index in [2.05, 4.69) is 28.7 Å². The molecule has 0 aromatic heterocycles. The molecule has 1 aromatic carbocycles. The first-order valence-electron chi connectivity index (χ1n) is 14.3. The predicted octanol–water partition coefficient (Wildman–Crippen LogP) is 3.88. The van der Waals surface area contributed by atoms with E-state index in [1.165, 1.54) is 0 Å². The maximum Gasteiger partial charge on any atom is 0.257 e. The average molecular weight is 499 g/mol. The molecule has 0 unspecified atom stereocenters. The Bertz CT molecular complexity index is 855.